The first-order chi connectivity index (χ1) is 11.5. The Kier molecular flexibility index (Phi) is 6.61. The van der Waals surface area contributed by atoms with Crippen molar-refractivity contribution in [3.05, 3.63) is 35.9 Å². The fourth-order valence-electron chi connectivity index (χ4n) is 2.89. The minimum absolute atomic E-state index is 0.0122. The molecule has 2 unspecified atom stereocenters. The largest absolute Gasteiger partial charge is 0.339 e. The maximum atomic E-state index is 12.7. The number of nitrogens with zero attached hydrogens (tertiary/aromatic N) is 1. The van der Waals surface area contributed by atoms with Crippen molar-refractivity contribution < 1.29 is 9.59 Å². The highest BCUT2D eigenvalue weighted by Crippen LogP contribution is 2.13. The first-order valence-corrected chi connectivity index (χ1v) is 8.60. The van der Waals surface area contributed by atoms with Crippen LogP contribution in [0.2, 0.25) is 0 Å². The number of benzene rings is 1. The Balaban J connectivity index is 1.90. The standard InChI is InChI=1S/C18H28N4O2/c1-13(2)16(17(23)22-10-6-9-15(19)12-22)21-18(24)20-11-14-7-4-3-5-8-14/h3-5,7-8,13,15-16H,6,9-12,19H2,1-2H3,(H2,20,21,24). The highest BCUT2D eigenvalue weighted by atomic mass is 16.2. The first-order valence-electron chi connectivity index (χ1n) is 8.60. The Morgan fingerprint density at radius 3 is 2.62 bits per heavy atom. The lowest BCUT2D eigenvalue weighted by Crippen LogP contribution is -2.56. The minimum Gasteiger partial charge on any atom is -0.339 e. The number of carbonyl (C=O) groups excluding carboxylic acids is 2. The quantitative estimate of drug-likeness (QED) is 0.763. The molecule has 1 heterocycles. The van der Waals surface area contributed by atoms with Crippen molar-refractivity contribution in [1.82, 2.24) is 15.5 Å². The van der Waals surface area contributed by atoms with E-state index in [-0.39, 0.29) is 23.9 Å². The van der Waals surface area contributed by atoms with Gasteiger partial charge < -0.3 is 21.3 Å². The van der Waals surface area contributed by atoms with E-state index in [1.165, 1.54) is 0 Å². The van der Waals surface area contributed by atoms with Crippen LogP contribution in [0.15, 0.2) is 30.3 Å². The zero-order chi connectivity index (χ0) is 17.5. The van der Waals surface area contributed by atoms with Gasteiger partial charge in [-0.15, -0.1) is 0 Å². The van der Waals surface area contributed by atoms with Crippen LogP contribution in [0.4, 0.5) is 4.79 Å². The number of hydrogen-bond donors (Lipinski definition) is 3. The molecular formula is C18H28N4O2. The number of nitrogens with one attached hydrogen (secondary N) is 2. The van der Waals surface area contributed by atoms with Crippen LogP contribution in [0, 0.1) is 5.92 Å². The molecule has 1 aliphatic rings. The molecule has 0 aromatic heterocycles. The van der Waals surface area contributed by atoms with E-state index in [1.807, 2.05) is 44.2 Å². The number of rotatable bonds is 5. The second-order valence-electron chi connectivity index (χ2n) is 6.72. The maximum Gasteiger partial charge on any atom is 0.315 e. The Morgan fingerprint density at radius 2 is 2.00 bits per heavy atom. The summed E-state index contributed by atoms with van der Waals surface area (Å²) in [5.74, 6) is -0.0341. The van der Waals surface area contributed by atoms with Gasteiger partial charge in [-0.3, -0.25) is 4.79 Å². The molecule has 132 valence electrons. The Morgan fingerprint density at radius 1 is 1.29 bits per heavy atom. The summed E-state index contributed by atoms with van der Waals surface area (Å²) in [6.45, 7) is 5.58. The summed E-state index contributed by atoms with van der Waals surface area (Å²) in [5.41, 5.74) is 6.97. The van der Waals surface area contributed by atoms with Gasteiger partial charge in [0, 0.05) is 25.7 Å². The zero-order valence-corrected chi connectivity index (χ0v) is 14.5. The van der Waals surface area contributed by atoms with Crippen LogP contribution in [0.25, 0.3) is 0 Å². The molecule has 1 aromatic rings. The fraction of sp³-hybridized carbons (Fsp3) is 0.556. The number of urea groups is 1. The van der Waals surface area contributed by atoms with E-state index in [4.69, 9.17) is 5.73 Å². The molecule has 1 aromatic carbocycles. The van der Waals surface area contributed by atoms with Crippen molar-refractivity contribution in [3.8, 4) is 0 Å². The monoisotopic (exact) mass is 332 g/mol. The van der Waals surface area contributed by atoms with Gasteiger partial charge in [0.2, 0.25) is 5.91 Å². The molecule has 4 N–H and O–H groups in total. The van der Waals surface area contributed by atoms with Crippen molar-refractivity contribution in [2.75, 3.05) is 13.1 Å². The van der Waals surface area contributed by atoms with Crippen molar-refractivity contribution in [2.45, 2.75) is 45.3 Å². The summed E-state index contributed by atoms with van der Waals surface area (Å²) in [6.07, 6.45) is 1.86. The summed E-state index contributed by atoms with van der Waals surface area (Å²) in [7, 11) is 0. The SMILES string of the molecule is CC(C)C(NC(=O)NCc1ccccc1)C(=O)N1CCCC(N)C1. The first kappa shape index (κ1) is 18.3. The highest BCUT2D eigenvalue weighted by Gasteiger charge is 2.30. The molecule has 0 aliphatic carbocycles. The van der Waals surface area contributed by atoms with Gasteiger partial charge in [-0.05, 0) is 24.3 Å². The maximum absolute atomic E-state index is 12.7. The van der Waals surface area contributed by atoms with Crippen LogP contribution in [0.5, 0.6) is 0 Å². The van der Waals surface area contributed by atoms with Gasteiger partial charge in [-0.1, -0.05) is 44.2 Å². The Bertz CT molecular complexity index is 547. The lowest BCUT2D eigenvalue weighted by atomic mass is 10.00. The van der Waals surface area contributed by atoms with Gasteiger partial charge in [0.15, 0.2) is 0 Å². The van der Waals surface area contributed by atoms with Crippen LogP contribution in [-0.4, -0.2) is 42.0 Å². The van der Waals surface area contributed by atoms with Crippen molar-refractivity contribution in [3.63, 3.8) is 0 Å². The van der Waals surface area contributed by atoms with Gasteiger partial charge in [0.1, 0.15) is 6.04 Å². The molecule has 0 spiro atoms. The molecule has 2 rings (SSSR count). The van der Waals surface area contributed by atoms with Gasteiger partial charge in [-0.2, -0.15) is 0 Å². The summed E-state index contributed by atoms with van der Waals surface area (Å²) in [5, 5.41) is 5.62. The van der Waals surface area contributed by atoms with E-state index in [0.717, 1.165) is 18.4 Å². The predicted octanol–water partition coefficient (Wildman–Crippen LogP) is 1.46. The number of likely N-dealkylation sites (tertiary alicyclic amines) is 1. The normalized spacial score (nSPS) is 19.0. The van der Waals surface area contributed by atoms with Gasteiger partial charge >= 0.3 is 6.03 Å². The number of nitrogens with two attached hydrogens (primary N) is 1. The molecule has 6 heteroatoms. The molecule has 1 aliphatic heterocycles. The summed E-state index contributed by atoms with van der Waals surface area (Å²) in [6, 6.07) is 8.84. The predicted molar refractivity (Wildman–Crippen MR) is 94.2 cm³/mol. The minimum atomic E-state index is -0.536. The molecule has 0 bridgehead atoms. The average Bonchev–Trinajstić information content (AvgIpc) is 2.58. The number of hydrogen-bond acceptors (Lipinski definition) is 3. The van der Waals surface area contributed by atoms with Crippen LogP contribution >= 0.6 is 0 Å². The molecular weight excluding hydrogens is 304 g/mol. The van der Waals surface area contributed by atoms with Gasteiger partial charge in [0.25, 0.3) is 0 Å². The third kappa shape index (κ3) is 5.23. The molecule has 6 nitrogen and oxygen atoms in total. The second-order valence-corrected chi connectivity index (χ2v) is 6.72. The smallest absolute Gasteiger partial charge is 0.315 e. The molecule has 24 heavy (non-hydrogen) atoms. The van der Waals surface area contributed by atoms with E-state index >= 15 is 0 Å². The van der Waals surface area contributed by atoms with E-state index in [1.54, 1.807) is 4.90 Å². The average molecular weight is 332 g/mol. The summed E-state index contributed by atoms with van der Waals surface area (Å²) in [4.78, 5) is 26.7. The molecule has 1 saturated heterocycles. The molecule has 3 amide bonds. The second kappa shape index (κ2) is 8.68. The van der Waals surface area contributed by atoms with Crippen LogP contribution in [-0.2, 0) is 11.3 Å². The topological polar surface area (TPSA) is 87.5 Å². The fourth-order valence-corrected chi connectivity index (χ4v) is 2.89. The van der Waals surface area contributed by atoms with E-state index < -0.39 is 6.04 Å². The highest BCUT2D eigenvalue weighted by molar-refractivity contribution is 5.87. The van der Waals surface area contributed by atoms with Crippen molar-refractivity contribution in [2.24, 2.45) is 11.7 Å². The Labute approximate surface area is 143 Å². The molecule has 2 atom stereocenters. The third-order valence-corrected chi connectivity index (χ3v) is 4.28. The lowest BCUT2D eigenvalue weighted by molar-refractivity contribution is -0.135. The molecule has 0 saturated carbocycles. The van der Waals surface area contributed by atoms with Crippen molar-refractivity contribution in [1.29, 1.82) is 0 Å². The van der Waals surface area contributed by atoms with Crippen molar-refractivity contribution >= 4 is 11.9 Å². The summed E-state index contributed by atoms with van der Waals surface area (Å²) < 4.78 is 0. The Hall–Kier alpha value is -2.08. The van der Waals surface area contributed by atoms with Crippen LogP contribution < -0.4 is 16.4 Å². The van der Waals surface area contributed by atoms with E-state index in [9.17, 15) is 9.59 Å². The van der Waals surface area contributed by atoms with Gasteiger partial charge in [0.05, 0.1) is 0 Å². The van der Waals surface area contributed by atoms with E-state index in [0.29, 0.717) is 19.6 Å². The third-order valence-electron chi connectivity index (χ3n) is 4.28. The van der Waals surface area contributed by atoms with Gasteiger partial charge in [-0.25, -0.2) is 4.79 Å². The van der Waals surface area contributed by atoms with E-state index in [2.05, 4.69) is 10.6 Å². The molecule has 0 radical (unpaired) electrons. The number of piperidine rings is 1. The number of amides is 3. The van der Waals surface area contributed by atoms with Crippen LogP contribution in [0.3, 0.4) is 0 Å². The zero-order valence-electron chi connectivity index (χ0n) is 14.5. The number of carbonyl (C=O) groups is 2. The van der Waals surface area contributed by atoms with Crippen LogP contribution in [0.1, 0.15) is 32.3 Å². The lowest BCUT2D eigenvalue weighted by Gasteiger charge is -2.34. The summed E-state index contributed by atoms with van der Waals surface area (Å²) >= 11 is 0. The molecule has 1 fully saturated rings.